The van der Waals surface area contributed by atoms with Crippen LogP contribution in [0, 0.1) is 5.82 Å². The lowest BCUT2D eigenvalue weighted by Gasteiger charge is -2.08. The van der Waals surface area contributed by atoms with Crippen LogP contribution in [-0.4, -0.2) is 28.2 Å². The Morgan fingerprint density at radius 3 is 2.56 bits per heavy atom. The third-order valence-electron chi connectivity index (χ3n) is 4.71. The van der Waals surface area contributed by atoms with Gasteiger partial charge in [0.1, 0.15) is 29.7 Å². The molecule has 4 aromatic rings. The first-order chi connectivity index (χ1) is 15.6. The smallest absolute Gasteiger partial charge is 0.251 e. The van der Waals surface area contributed by atoms with Crippen LogP contribution < -0.4 is 14.8 Å². The van der Waals surface area contributed by atoms with E-state index >= 15 is 0 Å². The van der Waals surface area contributed by atoms with Crippen molar-refractivity contribution in [1.82, 2.24) is 20.5 Å². The van der Waals surface area contributed by atoms with Gasteiger partial charge in [0, 0.05) is 11.1 Å². The summed E-state index contributed by atoms with van der Waals surface area (Å²) in [5.74, 6) is 1.81. The number of amides is 1. The Balaban J connectivity index is 1.33. The number of aromatic amines is 1. The second-order valence-corrected chi connectivity index (χ2v) is 6.96. The third-order valence-corrected chi connectivity index (χ3v) is 4.71. The molecule has 1 aromatic heterocycles. The Bertz CT molecular complexity index is 1190. The average Bonchev–Trinajstić information content (AvgIpc) is 3.31. The lowest BCUT2D eigenvalue weighted by atomic mass is 10.2. The Kier molecular flexibility index (Phi) is 6.41. The van der Waals surface area contributed by atoms with Crippen molar-refractivity contribution in [1.29, 1.82) is 0 Å². The molecule has 0 bridgehead atoms. The van der Waals surface area contributed by atoms with Gasteiger partial charge in [0.25, 0.3) is 5.91 Å². The predicted octanol–water partition coefficient (Wildman–Crippen LogP) is 4.13. The highest BCUT2D eigenvalue weighted by molar-refractivity contribution is 5.94. The lowest BCUT2D eigenvalue weighted by molar-refractivity contribution is 0.0949. The van der Waals surface area contributed by atoms with Crippen LogP contribution in [0.1, 0.15) is 21.7 Å². The summed E-state index contributed by atoms with van der Waals surface area (Å²) in [7, 11) is 1.61. The molecule has 1 amide bonds. The van der Waals surface area contributed by atoms with Crippen molar-refractivity contribution in [3.63, 3.8) is 0 Å². The highest BCUT2D eigenvalue weighted by atomic mass is 19.1. The Morgan fingerprint density at radius 2 is 1.81 bits per heavy atom. The lowest BCUT2D eigenvalue weighted by Crippen LogP contribution is -2.23. The van der Waals surface area contributed by atoms with Crippen molar-refractivity contribution in [2.24, 2.45) is 0 Å². The zero-order valence-electron chi connectivity index (χ0n) is 17.3. The number of benzene rings is 3. The number of nitrogens with one attached hydrogen (secondary N) is 2. The van der Waals surface area contributed by atoms with Gasteiger partial charge in [0.15, 0.2) is 5.82 Å². The SMILES string of the molecule is COc1ccc(-c2n[nH]c(CNC(=O)c3cccc(OCc4ccc(F)cc4)c3)n2)cc1. The zero-order valence-corrected chi connectivity index (χ0v) is 17.3. The highest BCUT2D eigenvalue weighted by Gasteiger charge is 2.10. The van der Waals surface area contributed by atoms with Gasteiger partial charge in [-0.2, -0.15) is 5.10 Å². The first kappa shape index (κ1) is 21.0. The summed E-state index contributed by atoms with van der Waals surface area (Å²) < 4.78 is 23.9. The molecule has 0 saturated carbocycles. The second kappa shape index (κ2) is 9.74. The molecule has 32 heavy (non-hydrogen) atoms. The molecule has 0 saturated heterocycles. The van der Waals surface area contributed by atoms with Crippen LogP contribution in [0.2, 0.25) is 0 Å². The molecule has 8 heteroatoms. The number of hydrogen-bond acceptors (Lipinski definition) is 5. The quantitative estimate of drug-likeness (QED) is 0.437. The van der Waals surface area contributed by atoms with E-state index in [-0.39, 0.29) is 24.9 Å². The van der Waals surface area contributed by atoms with Crippen LogP contribution in [0.4, 0.5) is 4.39 Å². The number of halogens is 1. The molecule has 7 nitrogen and oxygen atoms in total. The fourth-order valence-corrected chi connectivity index (χ4v) is 2.98. The fourth-order valence-electron chi connectivity index (χ4n) is 2.98. The molecule has 0 aliphatic heterocycles. The first-order valence-electron chi connectivity index (χ1n) is 9.92. The highest BCUT2D eigenvalue weighted by Crippen LogP contribution is 2.19. The normalized spacial score (nSPS) is 10.6. The van der Waals surface area contributed by atoms with E-state index in [2.05, 4.69) is 20.5 Å². The van der Waals surface area contributed by atoms with E-state index in [1.807, 2.05) is 24.3 Å². The van der Waals surface area contributed by atoms with Gasteiger partial charge < -0.3 is 14.8 Å². The van der Waals surface area contributed by atoms with E-state index < -0.39 is 0 Å². The summed E-state index contributed by atoms with van der Waals surface area (Å²) in [4.78, 5) is 17.0. The maximum atomic E-state index is 13.0. The van der Waals surface area contributed by atoms with E-state index in [9.17, 15) is 9.18 Å². The summed E-state index contributed by atoms with van der Waals surface area (Å²) in [6.07, 6.45) is 0. The Morgan fingerprint density at radius 1 is 1.03 bits per heavy atom. The van der Waals surface area contributed by atoms with Crippen molar-refractivity contribution in [3.05, 3.63) is 95.6 Å². The minimum absolute atomic E-state index is 0.197. The number of carbonyl (C=O) groups is 1. The predicted molar refractivity (Wildman–Crippen MR) is 117 cm³/mol. The topological polar surface area (TPSA) is 89.1 Å². The molecule has 4 rings (SSSR count). The van der Waals surface area contributed by atoms with Gasteiger partial charge in [-0.15, -0.1) is 0 Å². The molecule has 2 N–H and O–H groups in total. The van der Waals surface area contributed by atoms with Crippen molar-refractivity contribution in [3.8, 4) is 22.9 Å². The summed E-state index contributed by atoms with van der Waals surface area (Å²) in [6, 6.07) is 20.3. The standard InChI is InChI=1S/C24H21FN4O3/c1-31-20-11-7-17(8-12-20)23-27-22(28-29-23)14-26-24(30)18-3-2-4-21(13-18)32-15-16-5-9-19(25)10-6-16/h2-13H,14-15H2,1H3,(H,26,30)(H,27,28,29). The number of methoxy groups -OCH3 is 1. The number of hydrogen-bond donors (Lipinski definition) is 2. The minimum atomic E-state index is -0.296. The number of ether oxygens (including phenoxy) is 2. The molecular weight excluding hydrogens is 411 g/mol. The van der Waals surface area contributed by atoms with Crippen molar-refractivity contribution < 1.29 is 18.7 Å². The molecule has 0 atom stereocenters. The van der Waals surface area contributed by atoms with Crippen LogP contribution in [0.15, 0.2) is 72.8 Å². The molecule has 162 valence electrons. The summed E-state index contributed by atoms with van der Waals surface area (Å²) >= 11 is 0. The van der Waals surface area contributed by atoms with Gasteiger partial charge in [0.05, 0.1) is 13.7 Å². The van der Waals surface area contributed by atoms with E-state index in [4.69, 9.17) is 9.47 Å². The van der Waals surface area contributed by atoms with Crippen LogP contribution in [-0.2, 0) is 13.2 Å². The molecule has 0 unspecified atom stereocenters. The van der Waals surface area contributed by atoms with Gasteiger partial charge in [-0.25, -0.2) is 9.37 Å². The van der Waals surface area contributed by atoms with Gasteiger partial charge in [-0.05, 0) is 60.2 Å². The van der Waals surface area contributed by atoms with Gasteiger partial charge >= 0.3 is 0 Å². The second-order valence-electron chi connectivity index (χ2n) is 6.96. The minimum Gasteiger partial charge on any atom is -0.497 e. The van der Waals surface area contributed by atoms with E-state index in [0.29, 0.717) is 23.0 Å². The molecule has 0 radical (unpaired) electrons. The van der Waals surface area contributed by atoms with Crippen LogP contribution in [0.25, 0.3) is 11.4 Å². The molecule has 0 aliphatic rings. The number of nitrogens with zero attached hydrogens (tertiary/aromatic N) is 2. The van der Waals surface area contributed by atoms with Gasteiger partial charge in [0.2, 0.25) is 0 Å². The Hall–Kier alpha value is -4.20. The molecule has 0 aliphatic carbocycles. The first-order valence-corrected chi connectivity index (χ1v) is 9.92. The molecular formula is C24H21FN4O3. The fraction of sp³-hybridized carbons (Fsp3) is 0.125. The van der Waals surface area contributed by atoms with Crippen molar-refractivity contribution in [2.45, 2.75) is 13.2 Å². The van der Waals surface area contributed by atoms with E-state index in [1.165, 1.54) is 12.1 Å². The van der Waals surface area contributed by atoms with Crippen molar-refractivity contribution in [2.75, 3.05) is 7.11 Å². The molecule has 3 aromatic carbocycles. The summed E-state index contributed by atoms with van der Waals surface area (Å²) in [5.41, 5.74) is 2.13. The monoisotopic (exact) mass is 432 g/mol. The van der Waals surface area contributed by atoms with Crippen LogP contribution in [0.3, 0.4) is 0 Å². The van der Waals surface area contributed by atoms with Crippen LogP contribution in [0.5, 0.6) is 11.5 Å². The Labute approximate surface area is 184 Å². The summed E-state index contributed by atoms with van der Waals surface area (Å²) in [5, 5.41) is 9.84. The number of H-pyrrole nitrogens is 1. The molecule has 1 heterocycles. The van der Waals surface area contributed by atoms with Gasteiger partial charge in [-0.3, -0.25) is 9.89 Å². The molecule has 0 fully saturated rings. The van der Waals surface area contributed by atoms with Crippen molar-refractivity contribution >= 4 is 5.91 Å². The molecule has 0 spiro atoms. The average molecular weight is 432 g/mol. The number of rotatable bonds is 8. The van der Waals surface area contributed by atoms with E-state index in [1.54, 1.807) is 43.5 Å². The van der Waals surface area contributed by atoms with Crippen LogP contribution >= 0.6 is 0 Å². The summed E-state index contributed by atoms with van der Waals surface area (Å²) in [6.45, 7) is 0.472. The van der Waals surface area contributed by atoms with E-state index in [0.717, 1.165) is 16.9 Å². The number of aromatic nitrogens is 3. The third kappa shape index (κ3) is 5.28. The maximum absolute atomic E-state index is 13.0. The maximum Gasteiger partial charge on any atom is 0.251 e. The zero-order chi connectivity index (χ0) is 22.3. The largest absolute Gasteiger partial charge is 0.497 e. The van der Waals surface area contributed by atoms with Gasteiger partial charge in [-0.1, -0.05) is 18.2 Å². The number of carbonyl (C=O) groups excluding carboxylic acids is 1.